The fourth-order valence-electron chi connectivity index (χ4n) is 5.72. The zero-order valence-electron chi connectivity index (χ0n) is 24.2. The van der Waals surface area contributed by atoms with Gasteiger partial charge in [-0.2, -0.15) is 0 Å². The molecule has 0 unspecified atom stereocenters. The molecule has 10 heteroatoms. The highest BCUT2D eigenvalue weighted by atomic mass is 16.3. The lowest BCUT2D eigenvalue weighted by molar-refractivity contribution is -0.142. The van der Waals surface area contributed by atoms with Gasteiger partial charge in [0.2, 0.25) is 17.6 Å². The SMILES string of the molecule is CC(C)(C)NC(=O)C(=O)[C@H](C[C@@H]1CCCNC1=O)NC(=O)[C@H](CC1CCCCC1)NC(=O)c1cc2ccccc2o1. The van der Waals surface area contributed by atoms with Gasteiger partial charge in [-0.25, -0.2) is 0 Å². The largest absolute Gasteiger partial charge is 0.451 e. The summed E-state index contributed by atoms with van der Waals surface area (Å²) in [5, 5.41) is 11.8. The van der Waals surface area contributed by atoms with Crippen LogP contribution in [0.2, 0.25) is 0 Å². The molecule has 1 aromatic carbocycles. The van der Waals surface area contributed by atoms with E-state index in [1.54, 1.807) is 32.9 Å². The minimum atomic E-state index is -1.21. The van der Waals surface area contributed by atoms with Crippen LogP contribution in [0.5, 0.6) is 0 Å². The lowest BCUT2D eigenvalue weighted by Crippen LogP contribution is -2.56. The van der Waals surface area contributed by atoms with Crippen LogP contribution in [-0.4, -0.2) is 53.6 Å². The lowest BCUT2D eigenvalue weighted by Gasteiger charge is -2.30. The average molecular weight is 567 g/mol. The molecule has 10 nitrogen and oxygen atoms in total. The first kappa shape index (κ1) is 30.3. The van der Waals surface area contributed by atoms with Crippen molar-refractivity contribution < 1.29 is 28.4 Å². The Kier molecular flexibility index (Phi) is 9.83. The van der Waals surface area contributed by atoms with Gasteiger partial charge >= 0.3 is 0 Å². The van der Waals surface area contributed by atoms with Crippen molar-refractivity contribution in [1.82, 2.24) is 21.3 Å². The van der Waals surface area contributed by atoms with Crippen LogP contribution in [0.1, 0.15) is 89.1 Å². The molecule has 1 saturated carbocycles. The van der Waals surface area contributed by atoms with E-state index >= 15 is 0 Å². The zero-order chi connectivity index (χ0) is 29.6. The Morgan fingerprint density at radius 2 is 1.68 bits per heavy atom. The number of hydrogen-bond donors (Lipinski definition) is 4. The second-order valence-corrected chi connectivity index (χ2v) is 12.4. The van der Waals surface area contributed by atoms with Gasteiger partial charge < -0.3 is 25.7 Å². The third-order valence-corrected chi connectivity index (χ3v) is 7.83. The monoisotopic (exact) mass is 566 g/mol. The number of carbonyl (C=O) groups is 5. The summed E-state index contributed by atoms with van der Waals surface area (Å²) >= 11 is 0. The number of benzene rings is 1. The van der Waals surface area contributed by atoms with Gasteiger partial charge in [-0.05, 0) is 64.5 Å². The third kappa shape index (κ3) is 8.41. The van der Waals surface area contributed by atoms with Crippen molar-refractivity contribution in [2.45, 2.75) is 96.2 Å². The summed E-state index contributed by atoms with van der Waals surface area (Å²) in [6, 6.07) is 6.73. The van der Waals surface area contributed by atoms with E-state index in [1.807, 2.05) is 18.2 Å². The first-order valence-electron chi connectivity index (χ1n) is 14.7. The van der Waals surface area contributed by atoms with Crippen LogP contribution in [0, 0.1) is 11.8 Å². The maximum Gasteiger partial charge on any atom is 0.290 e. The van der Waals surface area contributed by atoms with Crippen LogP contribution in [0.4, 0.5) is 0 Å². The third-order valence-electron chi connectivity index (χ3n) is 7.83. The Balaban J connectivity index is 1.54. The van der Waals surface area contributed by atoms with Gasteiger partial charge in [0.1, 0.15) is 11.6 Å². The van der Waals surface area contributed by atoms with E-state index in [2.05, 4.69) is 21.3 Å². The van der Waals surface area contributed by atoms with Gasteiger partial charge in [-0.1, -0.05) is 50.3 Å². The smallest absolute Gasteiger partial charge is 0.290 e. The molecule has 2 aromatic rings. The predicted molar refractivity (Wildman–Crippen MR) is 154 cm³/mol. The molecule has 1 saturated heterocycles. The molecule has 0 spiro atoms. The topological polar surface area (TPSA) is 147 Å². The number of fused-ring (bicyclic) bond motifs is 1. The van der Waals surface area contributed by atoms with Crippen molar-refractivity contribution in [1.29, 1.82) is 0 Å². The number of amides is 4. The summed E-state index contributed by atoms with van der Waals surface area (Å²) in [6.07, 6.45) is 6.85. The zero-order valence-corrected chi connectivity index (χ0v) is 24.2. The highest BCUT2D eigenvalue weighted by Crippen LogP contribution is 2.28. The molecule has 0 radical (unpaired) electrons. The molecule has 2 heterocycles. The number of para-hydroxylation sites is 1. The second-order valence-electron chi connectivity index (χ2n) is 12.4. The van der Waals surface area contributed by atoms with Crippen molar-refractivity contribution in [3.8, 4) is 0 Å². The van der Waals surface area contributed by atoms with E-state index in [0.29, 0.717) is 25.0 Å². The molecule has 2 aliphatic rings. The molecule has 41 heavy (non-hydrogen) atoms. The number of rotatable bonds is 10. The van der Waals surface area contributed by atoms with Crippen LogP contribution in [0.15, 0.2) is 34.7 Å². The number of carbonyl (C=O) groups excluding carboxylic acids is 5. The maximum absolute atomic E-state index is 13.8. The fourth-order valence-corrected chi connectivity index (χ4v) is 5.72. The number of nitrogens with one attached hydrogen (secondary N) is 4. The van der Waals surface area contributed by atoms with Crippen LogP contribution >= 0.6 is 0 Å². The van der Waals surface area contributed by atoms with Crippen LogP contribution in [0.3, 0.4) is 0 Å². The Bertz CT molecular complexity index is 1240. The van der Waals surface area contributed by atoms with E-state index in [-0.39, 0.29) is 24.0 Å². The second kappa shape index (κ2) is 13.3. The number of furan rings is 1. The highest BCUT2D eigenvalue weighted by molar-refractivity contribution is 6.38. The summed E-state index contributed by atoms with van der Waals surface area (Å²) < 4.78 is 5.71. The van der Waals surface area contributed by atoms with Crippen LogP contribution < -0.4 is 21.3 Å². The Morgan fingerprint density at radius 3 is 2.37 bits per heavy atom. The lowest BCUT2D eigenvalue weighted by atomic mass is 9.84. The molecular weight excluding hydrogens is 524 g/mol. The Morgan fingerprint density at radius 1 is 0.951 bits per heavy atom. The van der Waals surface area contributed by atoms with E-state index in [1.165, 1.54) is 0 Å². The van der Waals surface area contributed by atoms with Gasteiger partial charge in [0.25, 0.3) is 11.8 Å². The van der Waals surface area contributed by atoms with Crippen molar-refractivity contribution >= 4 is 40.4 Å². The molecule has 2 fully saturated rings. The Labute approximate surface area is 240 Å². The first-order chi connectivity index (χ1) is 19.5. The molecule has 4 N–H and O–H groups in total. The summed E-state index contributed by atoms with van der Waals surface area (Å²) in [7, 11) is 0. The minimum Gasteiger partial charge on any atom is -0.451 e. The molecule has 3 atom stereocenters. The van der Waals surface area contributed by atoms with Crippen molar-refractivity contribution in [2.75, 3.05) is 6.54 Å². The van der Waals surface area contributed by atoms with Crippen molar-refractivity contribution in [3.63, 3.8) is 0 Å². The minimum absolute atomic E-state index is 0.00162. The average Bonchev–Trinajstić information content (AvgIpc) is 3.37. The highest BCUT2D eigenvalue weighted by Gasteiger charge is 2.36. The molecule has 4 amide bonds. The van der Waals surface area contributed by atoms with Crippen LogP contribution in [0.25, 0.3) is 11.0 Å². The summed E-state index contributed by atoms with van der Waals surface area (Å²) in [5.74, 6) is -3.11. The van der Waals surface area contributed by atoms with E-state index in [4.69, 9.17) is 4.42 Å². The normalized spacial score (nSPS) is 19.6. The number of hydrogen-bond acceptors (Lipinski definition) is 6. The number of ketones is 1. The number of piperidine rings is 1. The summed E-state index contributed by atoms with van der Waals surface area (Å²) in [6.45, 7) is 5.83. The molecular formula is C31H42N4O6. The van der Waals surface area contributed by atoms with Gasteiger partial charge in [-0.3, -0.25) is 24.0 Å². The molecule has 222 valence electrons. The Hall–Kier alpha value is -3.69. The van der Waals surface area contributed by atoms with Crippen molar-refractivity contribution in [3.05, 3.63) is 36.1 Å². The van der Waals surface area contributed by atoms with E-state index in [9.17, 15) is 24.0 Å². The molecule has 1 aliphatic carbocycles. The summed E-state index contributed by atoms with van der Waals surface area (Å²) in [4.78, 5) is 65.7. The number of Topliss-reactive ketones (excluding diaryl/α,β-unsaturated/α-hetero) is 1. The molecule has 1 aromatic heterocycles. The standard InChI is InChI=1S/C31H42N4O6/c1-31(2,3)35-30(40)26(36)22(17-21-13-9-15-32-27(21)37)33-28(38)23(16-19-10-5-4-6-11-19)34-29(39)25-18-20-12-7-8-14-24(20)41-25/h7-8,12,14,18-19,21-23H,4-6,9-11,13,15-17H2,1-3H3,(H,32,37)(H,33,38)(H,34,39)(H,35,40)/t21-,22-,23-/m0/s1. The van der Waals surface area contributed by atoms with Gasteiger partial charge in [0.15, 0.2) is 5.76 Å². The van der Waals surface area contributed by atoms with Gasteiger partial charge in [-0.15, -0.1) is 0 Å². The molecule has 4 rings (SSSR count). The van der Waals surface area contributed by atoms with E-state index < -0.39 is 47.0 Å². The maximum atomic E-state index is 13.8. The van der Waals surface area contributed by atoms with Gasteiger partial charge in [0.05, 0.1) is 6.04 Å². The molecule has 0 bridgehead atoms. The van der Waals surface area contributed by atoms with Gasteiger partial charge in [0, 0.05) is 23.4 Å². The summed E-state index contributed by atoms with van der Waals surface area (Å²) in [5.41, 5.74) is -0.0969. The van der Waals surface area contributed by atoms with Crippen molar-refractivity contribution in [2.24, 2.45) is 11.8 Å². The quantitative estimate of drug-likeness (QED) is 0.324. The first-order valence-corrected chi connectivity index (χ1v) is 14.7. The van der Waals surface area contributed by atoms with Crippen LogP contribution in [-0.2, 0) is 19.2 Å². The predicted octanol–water partition coefficient (Wildman–Crippen LogP) is 3.39. The molecule has 1 aliphatic heterocycles. The fraction of sp³-hybridized carbons (Fsp3) is 0.581. The van der Waals surface area contributed by atoms with E-state index in [0.717, 1.165) is 43.9 Å².